The van der Waals surface area contributed by atoms with Gasteiger partial charge in [-0.1, -0.05) is 11.8 Å². The summed E-state index contributed by atoms with van der Waals surface area (Å²) in [5.41, 5.74) is 6.20. The van der Waals surface area contributed by atoms with E-state index in [1.165, 1.54) is 6.07 Å². The third-order valence-electron chi connectivity index (χ3n) is 1.72. The number of nitrogens with two attached hydrogens (primary N) is 1. The first-order valence-electron chi connectivity index (χ1n) is 4.67. The van der Waals surface area contributed by atoms with Gasteiger partial charge in [0.15, 0.2) is 0 Å². The fourth-order valence-electron chi connectivity index (χ4n) is 1.05. The summed E-state index contributed by atoms with van der Waals surface area (Å²) in [7, 11) is 0. The third kappa shape index (κ3) is 4.91. The minimum absolute atomic E-state index is 0.311. The number of rotatable bonds is 2. The van der Waals surface area contributed by atoms with Crippen LogP contribution in [0.2, 0.25) is 0 Å². The Morgan fingerprint density at radius 3 is 2.65 bits per heavy atom. The largest absolute Gasteiger partial charge is 0.573 e. The molecule has 0 aromatic heterocycles. The van der Waals surface area contributed by atoms with E-state index in [4.69, 9.17) is 5.73 Å². The normalized spacial score (nSPS) is 10.6. The summed E-state index contributed by atoms with van der Waals surface area (Å²) < 4.78 is 39.7. The number of anilines is 1. The monoisotopic (exact) mass is 261 g/mol. The van der Waals surface area contributed by atoms with Gasteiger partial charge in [0.25, 0.3) is 0 Å². The maximum Gasteiger partial charge on any atom is 0.573 e. The summed E-state index contributed by atoms with van der Waals surface area (Å²) >= 11 is 3.96. The molecule has 0 fully saturated rings. The molecular weight excluding hydrogens is 251 g/mol. The van der Waals surface area contributed by atoms with Crippen molar-refractivity contribution in [2.75, 3.05) is 11.5 Å². The second kappa shape index (κ2) is 5.73. The minimum Gasteiger partial charge on any atom is -0.406 e. The molecule has 1 rings (SSSR count). The fourth-order valence-corrected chi connectivity index (χ4v) is 1.17. The van der Waals surface area contributed by atoms with Gasteiger partial charge in [0.1, 0.15) is 5.75 Å². The van der Waals surface area contributed by atoms with Crippen LogP contribution in [-0.4, -0.2) is 12.1 Å². The lowest BCUT2D eigenvalue weighted by molar-refractivity contribution is -0.274. The van der Waals surface area contributed by atoms with Gasteiger partial charge in [-0.05, 0) is 18.2 Å². The Balaban J connectivity index is 2.92. The van der Waals surface area contributed by atoms with Crippen LogP contribution in [0.15, 0.2) is 18.2 Å². The number of alkyl halides is 3. The molecule has 0 aliphatic rings. The standard InChI is InChI=1S/C11H10F3NOS/c12-11(13,14)16-9-4-5-10(15)8(7-9)3-1-2-6-17/h4-5,7,17H,2,6,15H2. The molecule has 0 bridgehead atoms. The van der Waals surface area contributed by atoms with Crippen LogP contribution in [0.1, 0.15) is 12.0 Å². The zero-order valence-corrected chi connectivity index (χ0v) is 9.61. The minimum atomic E-state index is -4.72. The van der Waals surface area contributed by atoms with Gasteiger partial charge in [-0.15, -0.1) is 13.2 Å². The Bertz CT molecular complexity index is 448. The highest BCUT2D eigenvalue weighted by Crippen LogP contribution is 2.25. The van der Waals surface area contributed by atoms with Crippen molar-refractivity contribution in [3.05, 3.63) is 23.8 Å². The van der Waals surface area contributed by atoms with E-state index in [2.05, 4.69) is 29.2 Å². The van der Waals surface area contributed by atoms with Crippen LogP contribution in [0.3, 0.4) is 0 Å². The van der Waals surface area contributed by atoms with E-state index in [1.807, 2.05) is 0 Å². The highest BCUT2D eigenvalue weighted by molar-refractivity contribution is 7.80. The van der Waals surface area contributed by atoms with E-state index in [0.717, 1.165) is 12.1 Å². The highest BCUT2D eigenvalue weighted by atomic mass is 32.1. The predicted octanol–water partition coefficient (Wildman–Crippen LogP) is 2.84. The number of benzene rings is 1. The molecule has 17 heavy (non-hydrogen) atoms. The number of halogens is 3. The first-order valence-corrected chi connectivity index (χ1v) is 5.30. The van der Waals surface area contributed by atoms with Crippen LogP contribution in [0, 0.1) is 11.8 Å². The average molecular weight is 261 g/mol. The fraction of sp³-hybridized carbons (Fsp3) is 0.273. The second-order valence-corrected chi connectivity index (χ2v) is 3.52. The van der Waals surface area contributed by atoms with Gasteiger partial charge in [0, 0.05) is 17.9 Å². The number of thiol groups is 1. The molecule has 0 aliphatic heterocycles. The van der Waals surface area contributed by atoms with Crippen LogP contribution >= 0.6 is 12.6 Å². The molecule has 0 saturated heterocycles. The van der Waals surface area contributed by atoms with Crippen molar-refractivity contribution < 1.29 is 17.9 Å². The maximum atomic E-state index is 12.0. The first-order chi connectivity index (χ1) is 7.92. The van der Waals surface area contributed by atoms with E-state index < -0.39 is 6.36 Å². The van der Waals surface area contributed by atoms with Crippen molar-refractivity contribution in [2.24, 2.45) is 0 Å². The van der Waals surface area contributed by atoms with Crippen molar-refractivity contribution in [2.45, 2.75) is 12.8 Å². The van der Waals surface area contributed by atoms with E-state index in [1.54, 1.807) is 0 Å². The second-order valence-electron chi connectivity index (χ2n) is 3.07. The third-order valence-corrected chi connectivity index (χ3v) is 1.94. The van der Waals surface area contributed by atoms with Gasteiger partial charge in [-0.3, -0.25) is 0 Å². The molecule has 6 heteroatoms. The van der Waals surface area contributed by atoms with Crippen LogP contribution in [0.5, 0.6) is 5.75 Å². The lowest BCUT2D eigenvalue weighted by atomic mass is 10.1. The molecule has 1 aromatic rings. The summed E-state index contributed by atoms with van der Waals surface area (Å²) in [6.07, 6.45) is -4.18. The Morgan fingerprint density at radius 1 is 1.35 bits per heavy atom. The zero-order chi connectivity index (χ0) is 12.9. The quantitative estimate of drug-likeness (QED) is 0.488. The molecule has 0 saturated carbocycles. The van der Waals surface area contributed by atoms with E-state index in [-0.39, 0.29) is 5.75 Å². The highest BCUT2D eigenvalue weighted by Gasteiger charge is 2.31. The average Bonchev–Trinajstić information content (AvgIpc) is 2.21. The Hall–Kier alpha value is -1.48. The molecule has 0 unspecified atom stereocenters. The van der Waals surface area contributed by atoms with Crippen LogP contribution in [-0.2, 0) is 0 Å². The van der Waals surface area contributed by atoms with Gasteiger partial charge < -0.3 is 10.5 Å². The lowest BCUT2D eigenvalue weighted by Gasteiger charge is -2.09. The van der Waals surface area contributed by atoms with Crippen molar-refractivity contribution in [3.8, 4) is 17.6 Å². The van der Waals surface area contributed by atoms with Gasteiger partial charge in [0.2, 0.25) is 0 Å². The molecule has 0 spiro atoms. The van der Waals surface area contributed by atoms with Crippen LogP contribution in [0.25, 0.3) is 0 Å². The number of ether oxygens (including phenoxy) is 1. The molecule has 0 heterocycles. The molecule has 92 valence electrons. The van der Waals surface area contributed by atoms with Crippen molar-refractivity contribution in [1.82, 2.24) is 0 Å². The van der Waals surface area contributed by atoms with Gasteiger partial charge in [-0.25, -0.2) is 0 Å². The van der Waals surface area contributed by atoms with Gasteiger partial charge in [-0.2, -0.15) is 12.6 Å². The van der Waals surface area contributed by atoms with Gasteiger partial charge in [0.05, 0.1) is 5.56 Å². The number of hydrogen-bond acceptors (Lipinski definition) is 3. The van der Waals surface area contributed by atoms with Crippen LogP contribution < -0.4 is 10.5 Å². The van der Waals surface area contributed by atoms with Crippen LogP contribution in [0.4, 0.5) is 18.9 Å². The molecule has 0 atom stereocenters. The summed E-state index contributed by atoms with van der Waals surface area (Å²) in [5, 5.41) is 0. The molecule has 2 N–H and O–H groups in total. The topological polar surface area (TPSA) is 35.2 Å². The smallest absolute Gasteiger partial charge is 0.406 e. The lowest BCUT2D eigenvalue weighted by Crippen LogP contribution is -2.17. The molecule has 2 nitrogen and oxygen atoms in total. The maximum absolute atomic E-state index is 12.0. The molecule has 0 amide bonds. The summed E-state index contributed by atoms with van der Waals surface area (Å²) in [6, 6.07) is 3.63. The molecule has 0 aliphatic carbocycles. The Morgan fingerprint density at radius 2 is 2.06 bits per heavy atom. The summed E-state index contributed by atoms with van der Waals surface area (Å²) in [6.45, 7) is 0. The van der Waals surface area contributed by atoms with Crippen molar-refractivity contribution in [3.63, 3.8) is 0 Å². The molecule has 1 aromatic carbocycles. The number of hydrogen-bond donors (Lipinski definition) is 2. The number of nitrogen functional groups attached to an aromatic ring is 1. The SMILES string of the molecule is Nc1ccc(OC(F)(F)F)cc1C#CCCS. The Kier molecular flexibility index (Phi) is 4.58. The molecule has 0 radical (unpaired) electrons. The van der Waals surface area contributed by atoms with E-state index in [9.17, 15) is 13.2 Å². The molecular formula is C11H10F3NOS. The predicted molar refractivity (Wildman–Crippen MR) is 62.9 cm³/mol. The zero-order valence-electron chi connectivity index (χ0n) is 8.71. The Labute approximate surface area is 102 Å². The van der Waals surface area contributed by atoms with E-state index in [0.29, 0.717) is 23.4 Å². The summed E-state index contributed by atoms with van der Waals surface area (Å²) in [5.74, 6) is 5.65. The summed E-state index contributed by atoms with van der Waals surface area (Å²) in [4.78, 5) is 0. The van der Waals surface area contributed by atoms with Crippen molar-refractivity contribution in [1.29, 1.82) is 0 Å². The first kappa shape index (κ1) is 13.6. The van der Waals surface area contributed by atoms with Crippen molar-refractivity contribution >= 4 is 18.3 Å². The van der Waals surface area contributed by atoms with Gasteiger partial charge >= 0.3 is 6.36 Å². The van der Waals surface area contributed by atoms with E-state index >= 15 is 0 Å².